The molecule has 1 unspecified atom stereocenters. The molecule has 1 fully saturated rings. The van der Waals surface area contributed by atoms with Crippen LogP contribution >= 0.6 is 0 Å². The molecule has 0 spiro atoms. The van der Waals surface area contributed by atoms with Crippen molar-refractivity contribution in [3.05, 3.63) is 0 Å². The van der Waals surface area contributed by atoms with Gasteiger partial charge in [0, 0.05) is 12.6 Å². The van der Waals surface area contributed by atoms with Crippen molar-refractivity contribution in [3.63, 3.8) is 0 Å². The zero-order chi connectivity index (χ0) is 8.27. The summed E-state index contributed by atoms with van der Waals surface area (Å²) in [7, 11) is 0. The van der Waals surface area contributed by atoms with Gasteiger partial charge in [-0.05, 0) is 33.2 Å². The fourth-order valence-electron chi connectivity index (χ4n) is 1.55. The van der Waals surface area contributed by atoms with Crippen molar-refractivity contribution in [3.8, 4) is 0 Å². The van der Waals surface area contributed by atoms with Crippen LogP contribution in [0.5, 0.6) is 0 Å². The van der Waals surface area contributed by atoms with E-state index in [9.17, 15) is 0 Å². The first-order chi connectivity index (χ1) is 5.24. The molecule has 3 heteroatoms. The quantitative estimate of drug-likeness (QED) is 0.603. The summed E-state index contributed by atoms with van der Waals surface area (Å²) in [5.74, 6) is 5.14. The average Bonchev–Trinajstić information content (AvgIpc) is 2.05. The lowest BCUT2D eigenvalue weighted by atomic mass is 10.1. The lowest BCUT2D eigenvalue weighted by Gasteiger charge is -2.34. The minimum atomic E-state index is 0.256. The SMILES string of the molecule is CC(C)N1CCCC(ON)C1. The molecule has 0 aromatic rings. The standard InChI is InChI=1S/C8H18N2O/c1-7(2)10-5-3-4-8(6-10)11-9/h7-8H,3-6,9H2,1-2H3. The summed E-state index contributed by atoms with van der Waals surface area (Å²) in [6.07, 6.45) is 2.57. The predicted molar refractivity (Wildman–Crippen MR) is 45.0 cm³/mol. The van der Waals surface area contributed by atoms with E-state index in [1.165, 1.54) is 13.0 Å². The van der Waals surface area contributed by atoms with Crippen molar-refractivity contribution < 1.29 is 4.84 Å². The topological polar surface area (TPSA) is 38.5 Å². The van der Waals surface area contributed by atoms with Gasteiger partial charge in [-0.1, -0.05) is 0 Å². The van der Waals surface area contributed by atoms with Crippen molar-refractivity contribution in [2.24, 2.45) is 5.90 Å². The van der Waals surface area contributed by atoms with Gasteiger partial charge in [0.15, 0.2) is 0 Å². The molecule has 0 aromatic heterocycles. The van der Waals surface area contributed by atoms with Gasteiger partial charge in [0.05, 0.1) is 6.10 Å². The second-order valence-corrected chi connectivity index (χ2v) is 3.49. The van der Waals surface area contributed by atoms with E-state index in [0.29, 0.717) is 6.04 Å². The van der Waals surface area contributed by atoms with Crippen molar-refractivity contribution >= 4 is 0 Å². The number of piperidine rings is 1. The molecule has 2 N–H and O–H groups in total. The zero-order valence-electron chi connectivity index (χ0n) is 7.42. The molecule has 0 radical (unpaired) electrons. The molecule has 1 heterocycles. The van der Waals surface area contributed by atoms with Crippen LogP contribution in [0.4, 0.5) is 0 Å². The van der Waals surface area contributed by atoms with Crippen molar-refractivity contribution in [2.75, 3.05) is 13.1 Å². The molecule has 1 aliphatic heterocycles. The third-order valence-electron chi connectivity index (χ3n) is 2.33. The minimum Gasteiger partial charge on any atom is -0.300 e. The Bertz CT molecular complexity index is 117. The van der Waals surface area contributed by atoms with E-state index in [4.69, 9.17) is 10.7 Å². The van der Waals surface area contributed by atoms with E-state index in [-0.39, 0.29) is 6.10 Å². The Morgan fingerprint density at radius 2 is 2.27 bits per heavy atom. The van der Waals surface area contributed by atoms with Crippen LogP contribution in [0.3, 0.4) is 0 Å². The molecular weight excluding hydrogens is 140 g/mol. The highest BCUT2D eigenvalue weighted by atomic mass is 16.6. The summed E-state index contributed by atoms with van der Waals surface area (Å²) in [6, 6.07) is 0.618. The molecule has 1 aliphatic rings. The first kappa shape index (κ1) is 8.97. The second kappa shape index (κ2) is 4.04. The van der Waals surface area contributed by atoms with E-state index in [0.717, 1.165) is 13.0 Å². The maximum atomic E-state index is 5.14. The Hall–Kier alpha value is -0.120. The normalized spacial score (nSPS) is 27.8. The highest BCUT2D eigenvalue weighted by Crippen LogP contribution is 2.13. The summed E-state index contributed by atoms with van der Waals surface area (Å²) in [4.78, 5) is 7.23. The number of hydrogen-bond acceptors (Lipinski definition) is 3. The van der Waals surface area contributed by atoms with Gasteiger partial charge in [-0.3, -0.25) is 9.74 Å². The van der Waals surface area contributed by atoms with Gasteiger partial charge in [-0.25, -0.2) is 5.90 Å². The Balaban J connectivity index is 2.33. The van der Waals surface area contributed by atoms with Crippen LogP contribution in [-0.2, 0) is 4.84 Å². The maximum Gasteiger partial charge on any atom is 0.0914 e. The third kappa shape index (κ3) is 2.43. The molecule has 0 amide bonds. The molecule has 66 valence electrons. The Kier molecular flexibility index (Phi) is 3.30. The van der Waals surface area contributed by atoms with E-state index in [1.807, 2.05) is 0 Å². The fourth-order valence-corrected chi connectivity index (χ4v) is 1.55. The first-order valence-electron chi connectivity index (χ1n) is 4.33. The van der Waals surface area contributed by atoms with Crippen LogP contribution in [0.25, 0.3) is 0 Å². The molecule has 0 bridgehead atoms. The van der Waals surface area contributed by atoms with Gasteiger partial charge in [-0.15, -0.1) is 0 Å². The molecule has 1 rings (SSSR count). The van der Waals surface area contributed by atoms with Crippen molar-refractivity contribution in [1.29, 1.82) is 0 Å². The first-order valence-corrected chi connectivity index (χ1v) is 4.33. The number of hydrogen-bond donors (Lipinski definition) is 1. The second-order valence-electron chi connectivity index (χ2n) is 3.49. The van der Waals surface area contributed by atoms with Gasteiger partial charge in [0.2, 0.25) is 0 Å². The molecule has 0 aliphatic carbocycles. The lowest BCUT2D eigenvalue weighted by molar-refractivity contribution is -0.00973. The summed E-state index contributed by atoms with van der Waals surface area (Å²) < 4.78 is 0. The van der Waals surface area contributed by atoms with Gasteiger partial charge in [-0.2, -0.15) is 0 Å². The fraction of sp³-hybridized carbons (Fsp3) is 1.00. The Labute approximate surface area is 68.5 Å². The van der Waals surface area contributed by atoms with Crippen LogP contribution in [-0.4, -0.2) is 30.1 Å². The average molecular weight is 158 g/mol. The van der Waals surface area contributed by atoms with Crippen molar-refractivity contribution in [2.45, 2.75) is 38.8 Å². The van der Waals surface area contributed by atoms with Crippen molar-refractivity contribution in [1.82, 2.24) is 4.90 Å². The van der Waals surface area contributed by atoms with Crippen LogP contribution in [0, 0.1) is 0 Å². The third-order valence-corrected chi connectivity index (χ3v) is 2.33. The van der Waals surface area contributed by atoms with Crippen LogP contribution < -0.4 is 5.90 Å². The number of rotatable bonds is 2. The number of nitrogens with zero attached hydrogens (tertiary/aromatic N) is 1. The molecule has 0 aromatic carbocycles. The van der Waals surface area contributed by atoms with Gasteiger partial charge < -0.3 is 0 Å². The summed E-state index contributed by atoms with van der Waals surface area (Å²) in [5, 5.41) is 0. The molecule has 1 atom stereocenters. The van der Waals surface area contributed by atoms with Crippen LogP contribution in [0.15, 0.2) is 0 Å². The molecule has 11 heavy (non-hydrogen) atoms. The summed E-state index contributed by atoms with van der Waals surface area (Å²) in [5.41, 5.74) is 0. The molecular formula is C8H18N2O. The predicted octanol–water partition coefficient (Wildman–Crippen LogP) is 0.750. The minimum absolute atomic E-state index is 0.256. The van der Waals surface area contributed by atoms with Gasteiger partial charge >= 0.3 is 0 Å². The number of nitrogens with two attached hydrogens (primary N) is 1. The molecule has 0 saturated carbocycles. The smallest absolute Gasteiger partial charge is 0.0914 e. The molecule has 3 nitrogen and oxygen atoms in total. The zero-order valence-corrected chi connectivity index (χ0v) is 7.42. The van der Waals surface area contributed by atoms with E-state index in [2.05, 4.69) is 18.7 Å². The Morgan fingerprint density at radius 1 is 1.55 bits per heavy atom. The maximum absolute atomic E-state index is 5.14. The molecule has 1 saturated heterocycles. The highest BCUT2D eigenvalue weighted by molar-refractivity contribution is 4.74. The van der Waals surface area contributed by atoms with Gasteiger partial charge in [0.1, 0.15) is 0 Å². The highest BCUT2D eigenvalue weighted by Gasteiger charge is 2.21. The Morgan fingerprint density at radius 3 is 2.82 bits per heavy atom. The number of likely N-dealkylation sites (tertiary alicyclic amines) is 1. The van der Waals surface area contributed by atoms with Crippen LogP contribution in [0.1, 0.15) is 26.7 Å². The van der Waals surface area contributed by atoms with Gasteiger partial charge in [0.25, 0.3) is 0 Å². The monoisotopic (exact) mass is 158 g/mol. The van der Waals surface area contributed by atoms with E-state index < -0.39 is 0 Å². The summed E-state index contributed by atoms with van der Waals surface area (Å²) >= 11 is 0. The van der Waals surface area contributed by atoms with E-state index >= 15 is 0 Å². The largest absolute Gasteiger partial charge is 0.300 e. The van der Waals surface area contributed by atoms with Crippen LogP contribution in [0.2, 0.25) is 0 Å². The van der Waals surface area contributed by atoms with E-state index in [1.54, 1.807) is 0 Å². The lowest BCUT2D eigenvalue weighted by Crippen LogP contribution is -2.44. The summed E-state index contributed by atoms with van der Waals surface area (Å²) in [6.45, 7) is 6.60.